The van der Waals surface area contributed by atoms with Gasteiger partial charge in [-0.1, -0.05) is 41.9 Å². The zero-order valence-electron chi connectivity index (χ0n) is 12.5. The number of aromatic nitrogens is 2. The molecule has 0 bridgehead atoms. The molecular formula is C16H20BrN2O2+. The van der Waals surface area contributed by atoms with Gasteiger partial charge in [-0.05, 0) is 19.1 Å². The van der Waals surface area contributed by atoms with Crippen molar-refractivity contribution in [2.75, 3.05) is 6.61 Å². The number of hydrogen-bond acceptors (Lipinski definition) is 2. The molecule has 0 aliphatic carbocycles. The number of H-pyrrole nitrogens is 1. The van der Waals surface area contributed by atoms with E-state index < -0.39 is 0 Å². The number of carbonyl (C=O) groups excluding carboxylic acids is 1. The van der Waals surface area contributed by atoms with Gasteiger partial charge in [0, 0.05) is 22.0 Å². The summed E-state index contributed by atoms with van der Waals surface area (Å²) >= 11 is 3.42. The summed E-state index contributed by atoms with van der Waals surface area (Å²) in [5, 5.41) is 3.29. The molecule has 0 aliphatic rings. The van der Waals surface area contributed by atoms with Crippen LogP contribution in [-0.2, 0) is 11.3 Å². The van der Waals surface area contributed by atoms with Gasteiger partial charge < -0.3 is 4.74 Å². The van der Waals surface area contributed by atoms with Crippen LogP contribution in [0.3, 0.4) is 0 Å². The van der Waals surface area contributed by atoms with Crippen LogP contribution in [-0.4, -0.2) is 17.7 Å². The van der Waals surface area contributed by atoms with Gasteiger partial charge in [0.05, 0.1) is 6.61 Å². The minimum atomic E-state index is -0.294. The summed E-state index contributed by atoms with van der Waals surface area (Å²) in [6.45, 7) is 7.15. The van der Waals surface area contributed by atoms with Crippen molar-refractivity contribution < 1.29 is 14.2 Å². The molecule has 21 heavy (non-hydrogen) atoms. The van der Waals surface area contributed by atoms with Gasteiger partial charge in [0.2, 0.25) is 0 Å². The molecule has 5 heteroatoms. The van der Waals surface area contributed by atoms with E-state index in [4.69, 9.17) is 4.74 Å². The van der Waals surface area contributed by atoms with Crippen molar-refractivity contribution in [3.8, 4) is 11.3 Å². The van der Waals surface area contributed by atoms with E-state index in [9.17, 15) is 4.79 Å². The Labute approximate surface area is 133 Å². The van der Waals surface area contributed by atoms with Crippen LogP contribution in [0, 0.1) is 5.92 Å². The third kappa shape index (κ3) is 3.94. The Hall–Kier alpha value is -1.62. The molecule has 0 unspecified atom stereocenters. The van der Waals surface area contributed by atoms with Crippen molar-refractivity contribution in [3.05, 3.63) is 40.5 Å². The molecule has 1 aromatic heterocycles. The molecule has 1 N–H and O–H groups in total. The van der Waals surface area contributed by atoms with Crippen molar-refractivity contribution >= 4 is 21.9 Å². The Morgan fingerprint density at radius 1 is 1.33 bits per heavy atom. The Morgan fingerprint density at radius 3 is 2.57 bits per heavy atom. The van der Waals surface area contributed by atoms with E-state index in [0.29, 0.717) is 18.2 Å². The van der Waals surface area contributed by atoms with Crippen LogP contribution >= 0.6 is 15.9 Å². The lowest BCUT2D eigenvalue weighted by Crippen LogP contribution is -2.43. The van der Waals surface area contributed by atoms with E-state index in [1.165, 1.54) is 0 Å². The Bertz CT molecular complexity index is 618. The minimum Gasteiger partial charge on any atom is -0.458 e. The van der Waals surface area contributed by atoms with Crippen LogP contribution < -0.4 is 4.68 Å². The second kappa shape index (κ2) is 6.89. The summed E-state index contributed by atoms with van der Waals surface area (Å²) in [4.78, 5) is 12.1. The Kier molecular flexibility index (Phi) is 5.17. The first-order chi connectivity index (χ1) is 10.0. The summed E-state index contributed by atoms with van der Waals surface area (Å²) in [6.07, 6.45) is 0. The third-order valence-corrected chi connectivity index (χ3v) is 3.54. The maximum atomic E-state index is 12.1. The number of rotatable bonds is 5. The van der Waals surface area contributed by atoms with Gasteiger partial charge in [0.25, 0.3) is 0 Å². The van der Waals surface area contributed by atoms with Crippen molar-refractivity contribution in [2.24, 2.45) is 5.92 Å². The number of nitrogens with one attached hydrogen (secondary N) is 1. The maximum absolute atomic E-state index is 12.1. The summed E-state index contributed by atoms with van der Waals surface area (Å²) in [5.74, 6) is 0.136. The van der Waals surface area contributed by atoms with E-state index in [1.54, 1.807) is 0 Å². The number of esters is 1. The molecule has 2 aromatic rings. The molecule has 0 saturated heterocycles. The van der Waals surface area contributed by atoms with Crippen LogP contribution in [0.25, 0.3) is 11.3 Å². The van der Waals surface area contributed by atoms with Gasteiger partial charge >= 0.3 is 11.7 Å². The molecule has 0 amide bonds. The lowest BCUT2D eigenvalue weighted by Gasteiger charge is -2.00. The van der Waals surface area contributed by atoms with Crippen LogP contribution in [0.1, 0.15) is 31.3 Å². The Morgan fingerprint density at radius 2 is 2.00 bits per heavy atom. The molecular weight excluding hydrogens is 332 g/mol. The van der Waals surface area contributed by atoms with Gasteiger partial charge in [-0.3, -0.25) is 0 Å². The molecule has 4 nitrogen and oxygen atoms in total. The van der Waals surface area contributed by atoms with Gasteiger partial charge in [0.15, 0.2) is 6.54 Å². The number of nitrogens with zero attached hydrogens (tertiary/aromatic N) is 1. The predicted molar refractivity (Wildman–Crippen MR) is 84.9 cm³/mol. The standard InChI is InChI=1S/C16H19BrN2O2/c1-4-21-16(20)15-9-14(18-19(15)10-11(2)3)12-5-7-13(17)8-6-12/h5-9,11H,4,10H2,1-3H3/p+1. The second-order valence-corrected chi connectivity index (χ2v) is 6.20. The van der Waals surface area contributed by atoms with E-state index in [2.05, 4.69) is 34.9 Å². The summed E-state index contributed by atoms with van der Waals surface area (Å²) in [5.41, 5.74) is 2.50. The van der Waals surface area contributed by atoms with Crippen LogP contribution in [0.2, 0.25) is 0 Å². The molecule has 0 spiro atoms. The monoisotopic (exact) mass is 351 g/mol. The minimum absolute atomic E-state index is 0.294. The molecule has 0 aliphatic heterocycles. The normalized spacial score (nSPS) is 10.9. The highest BCUT2D eigenvalue weighted by molar-refractivity contribution is 9.10. The van der Waals surface area contributed by atoms with E-state index in [-0.39, 0.29) is 5.97 Å². The van der Waals surface area contributed by atoms with Crippen molar-refractivity contribution in [3.63, 3.8) is 0 Å². The first-order valence-corrected chi connectivity index (χ1v) is 7.86. The maximum Gasteiger partial charge on any atom is 0.406 e. The highest BCUT2D eigenvalue weighted by Gasteiger charge is 2.26. The van der Waals surface area contributed by atoms with E-state index in [1.807, 2.05) is 41.9 Å². The van der Waals surface area contributed by atoms with Gasteiger partial charge in [-0.2, -0.15) is 5.10 Å². The van der Waals surface area contributed by atoms with Gasteiger partial charge in [0.1, 0.15) is 5.69 Å². The number of halogens is 1. The topological polar surface area (TPSA) is 46.0 Å². The molecule has 1 heterocycles. The number of ether oxygens (including phenoxy) is 1. The molecule has 0 fully saturated rings. The van der Waals surface area contributed by atoms with Crippen LogP contribution in [0.5, 0.6) is 0 Å². The molecule has 0 radical (unpaired) electrons. The molecule has 0 atom stereocenters. The second-order valence-electron chi connectivity index (χ2n) is 5.29. The highest BCUT2D eigenvalue weighted by Crippen LogP contribution is 2.20. The zero-order chi connectivity index (χ0) is 15.4. The van der Waals surface area contributed by atoms with Crippen molar-refractivity contribution in [2.45, 2.75) is 27.3 Å². The largest absolute Gasteiger partial charge is 0.458 e. The number of aromatic amines is 1. The van der Waals surface area contributed by atoms with Crippen LogP contribution in [0.4, 0.5) is 0 Å². The van der Waals surface area contributed by atoms with Gasteiger partial charge in [-0.25, -0.2) is 4.79 Å². The highest BCUT2D eigenvalue weighted by atomic mass is 79.9. The zero-order valence-corrected chi connectivity index (χ0v) is 14.1. The summed E-state index contributed by atoms with van der Waals surface area (Å²) < 4.78 is 8.02. The van der Waals surface area contributed by atoms with Crippen molar-refractivity contribution in [1.29, 1.82) is 0 Å². The Balaban J connectivity index is 2.39. The fraction of sp³-hybridized carbons (Fsp3) is 0.375. The van der Waals surface area contributed by atoms with Crippen LogP contribution in [0.15, 0.2) is 34.8 Å². The number of carbonyl (C=O) groups is 1. The molecule has 2 rings (SSSR count). The third-order valence-electron chi connectivity index (χ3n) is 3.01. The smallest absolute Gasteiger partial charge is 0.406 e. The molecule has 0 saturated carbocycles. The molecule has 112 valence electrons. The van der Waals surface area contributed by atoms with E-state index >= 15 is 0 Å². The fourth-order valence-corrected chi connectivity index (χ4v) is 2.38. The lowest BCUT2D eigenvalue weighted by molar-refractivity contribution is -0.756. The lowest BCUT2D eigenvalue weighted by atomic mass is 10.1. The summed E-state index contributed by atoms with van der Waals surface area (Å²) in [7, 11) is 0. The van der Waals surface area contributed by atoms with Gasteiger partial charge in [-0.15, -0.1) is 4.68 Å². The quantitative estimate of drug-likeness (QED) is 0.661. The predicted octanol–water partition coefficient (Wildman–Crippen LogP) is 3.56. The SMILES string of the molecule is CCOC(=O)c1cc(-c2ccc(Br)cc2)[nH][n+]1CC(C)C. The fourth-order valence-electron chi connectivity index (χ4n) is 2.11. The first kappa shape index (κ1) is 15.8. The molecule has 1 aromatic carbocycles. The first-order valence-electron chi connectivity index (χ1n) is 7.07. The average molecular weight is 352 g/mol. The average Bonchev–Trinajstić information content (AvgIpc) is 2.83. The number of benzene rings is 1. The van der Waals surface area contributed by atoms with E-state index in [0.717, 1.165) is 22.3 Å². The number of hydrogen-bond donors (Lipinski definition) is 1. The van der Waals surface area contributed by atoms with Crippen molar-refractivity contribution in [1.82, 2.24) is 5.10 Å². The summed E-state index contributed by atoms with van der Waals surface area (Å²) in [6, 6.07) is 9.82.